The summed E-state index contributed by atoms with van der Waals surface area (Å²) >= 11 is 0. The normalized spacial score (nSPS) is 20.3. The molecule has 5 nitrogen and oxygen atoms in total. The Morgan fingerprint density at radius 3 is 2.31 bits per heavy atom. The molecule has 1 aliphatic heterocycles. The first-order valence-corrected chi connectivity index (χ1v) is 12.2. The van der Waals surface area contributed by atoms with Crippen molar-refractivity contribution in [3.63, 3.8) is 0 Å². The van der Waals surface area contributed by atoms with E-state index >= 15 is 0 Å². The first-order chi connectivity index (χ1) is 17.1. The van der Waals surface area contributed by atoms with E-state index in [1.165, 1.54) is 12.1 Å². The Hall–Kier alpha value is -3.67. The highest BCUT2D eigenvalue weighted by Crippen LogP contribution is 2.46. The summed E-state index contributed by atoms with van der Waals surface area (Å²) in [4.78, 5) is 29.8. The van der Waals surface area contributed by atoms with Gasteiger partial charge in [-0.05, 0) is 66.4 Å². The SMILES string of the molecule is COc1ccc([C@@H]2[C@H](C(=O)Nc3ccc(F)cc3)c3ccccc3C(=O)N2C2CCCCC2)cc1. The summed E-state index contributed by atoms with van der Waals surface area (Å²) < 4.78 is 18.8. The predicted octanol–water partition coefficient (Wildman–Crippen LogP) is 6.09. The van der Waals surface area contributed by atoms with Gasteiger partial charge in [0.2, 0.25) is 5.91 Å². The van der Waals surface area contributed by atoms with Gasteiger partial charge in [-0.15, -0.1) is 0 Å². The van der Waals surface area contributed by atoms with Crippen LogP contribution in [0.2, 0.25) is 0 Å². The van der Waals surface area contributed by atoms with Gasteiger partial charge >= 0.3 is 0 Å². The maximum Gasteiger partial charge on any atom is 0.254 e. The van der Waals surface area contributed by atoms with Crippen LogP contribution in [0.4, 0.5) is 10.1 Å². The maximum atomic E-state index is 13.9. The molecule has 1 heterocycles. The Morgan fingerprint density at radius 2 is 1.63 bits per heavy atom. The van der Waals surface area contributed by atoms with Gasteiger partial charge in [0.05, 0.1) is 19.1 Å². The van der Waals surface area contributed by atoms with Gasteiger partial charge in [0.25, 0.3) is 5.91 Å². The van der Waals surface area contributed by atoms with Crippen molar-refractivity contribution in [1.82, 2.24) is 4.90 Å². The molecule has 0 saturated heterocycles. The van der Waals surface area contributed by atoms with Gasteiger partial charge in [0, 0.05) is 17.3 Å². The van der Waals surface area contributed by atoms with E-state index in [0.29, 0.717) is 22.6 Å². The molecule has 2 aliphatic rings. The third-order valence-corrected chi connectivity index (χ3v) is 7.20. The molecule has 180 valence electrons. The smallest absolute Gasteiger partial charge is 0.254 e. The first kappa shape index (κ1) is 23.1. The van der Waals surface area contributed by atoms with Crippen LogP contribution in [-0.2, 0) is 4.79 Å². The minimum atomic E-state index is -0.621. The molecule has 1 fully saturated rings. The summed E-state index contributed by atoms with van der Waals surface area (Å²) in [7, 11) is 1.61. The van der Waals surface area contributed by atoms with E-state index in [4.69, 9.17) is 4.74 Å². The summed E-state index contributed by atoms with van der Waals surface area (Å²) in [6, 6.07) is 20.4. The fourth-order valence-corrected chi connectivity index (χ4v) is 5.50. The lowest BCUT2D eigenvalue weighted by molar-refractivity contribution is -0.119. The number of carbonyl (C=O) groups excluding carboxylic acids is 2. The number of methoxy groups -OCH3 is 1. The van der Waals surface area contributed by atoms with E-state index in [9.17, 15) is 14.0 Å². The monoisotopic (exact) mass is 472 g/mol. The summed E-state index contributed by atoms with van der Waals surface area (Å²) in [5.74, 6) is -0.523. The predicted molar refractivity (Wildman–Crippen MR) is 133 cm³/mol. The van der Waals surface area contributed by atoms with Crippen LogP contribution in [0.3, 0.4) is 0 Å². The molecule has 2 atom stereocenters. The Morgan fingerprint density at radius 1 is 0.943 bits per heavy atom. The highest BCUT2D eigenvalue weighted by molar-refractivity contribution is 6.04. The molecule has 0 spiro atoms. The number of anilines is 1. The number of hydrogen-bond acceptors (Lipinski definition) is 3. The largest absolute Gasteiger partial charge is 0.497 e. The number of ether oxygens (including phenoxy) is 1. The highest BCUT2D eigenvalue weighted by Gasteiger charge is 2.46. The molecule has 0 unspecified atom stereocenters. The molecular weight excluding hydrogens is 443 g/mol. The number of benzene rings is 3. The molecular formula is C29H29FN2O3. The second kappa shape index (κ2) is 9.90. The third-order valence-electron chi connectivity index (χ3n) is 7.20. The van der Waals surface area contributed by atoms with Crippen molar-refractivity contribution in [3.8, 4) is 5.75 Å². The molecule has 1 N–H and O–H groups in total. The van der Waals surface area contributed by atoms with Crippen molar-refractivity contribution in [1.29, 1.82) is 0 Å². The van der Waals surface area contributed by atoms with Crippen LogP contribution in [0.1, 0.15) is 65.5 Å². The first-order valence-electron chi connectivity index (χ1n) is 12.2. The minimum absolute atomic E-state index is 0.0286. The summed E-state index contributed by atoms with van der Waals surface area (Å²) in [6.07, 6.45) is 5.15. The van der Waals surface area contributed by atoms with Crippen LogP contribution in [0.15, 0.2) is 72.8 Å². The maximum absolute atomic E-state index is 13.9. The van der Waals surface area contributed by atoms with Gasteiger partial charge < -0.3 is 15.0 Å². The van der Waals surface area contributed by atoms with E-state index in [1.807, 2.05) is 53.4 Å². The van der Waals surface area contributed by atoms with Gasteiger partial charge in [-0.3, -0.25) is 9.59 Å². The number of carbonyl (C=O) groups is 2. The van der Waals surface area contributed by atoms with Crippen LogP contribution in [-0.4, -0.2) is 29.9 Å². The fraction of sp³-hybridized carbons (Fsp3) is 0.310. The molecule has 0 radical (unpaired) electrons. The summed E-state index contributed by atoms with van der Waals surface area (Å²) in [6.45, 7) is 0. The number of fused-ring (bicyclic) bond motifs is 1. The quantitative estimate of drug-likeness (QED) is 0.489. The molecule has 5 rings (SSSR count). The lowest BCUT2D eigenvalue weighted by Crippen LogP contribution is -2.51. The second-order valence-electron chi connectivity index (χ2n) is 9.28. The highest BCUT2D eigenvalue weighted by atomic mass is 19.1. The molecule has 6 heteroatoms. The molecule has 1 aliphatic carbocycles. The van der Waals surface area contributed by atoms with Crippen molar-refractivity contribution in [3.05, 3.63) is 95.3 Å². The molecule has 0 bridgehead atoms. The molecule has 0 aromatic heterocycles. The van der Waals surface area contributed by atoms with Crippen molar-refractivity contribution in [2.45, 2.75) is 50.1 Å². The summed E-state index contributed by atoms with van der Waals surface area (Å²) in [5, 5.41) is 2.97. The van der Waals surface area contributed by atoms with Crippen LogP contribution >= 0.6 is 0 Å². The van der Waals surface area contributed by atoms with Crippen LogP contribution in [0.25, 0.3) is 0 Å². The summed E-state index contributed by atoms with van der Waals surface area (Å²) in [5.41, 5.74) is 2.69. The van der Waals surface area contributed by atoms with Crippen molar-refractivity contribution < 1.29 is 18.7 Å². The number of hydrogen-bond donors (Lipinski definition) is 1. The van der Waals surface area contributed by atoms with Gasteiger partial charge in [0.1, 0.15) is 11.6 Å². The molecule has 2 amide bonds. The Kier molecular flexibility index (Phi) is 6.53. The van der Waals surface area contributed by atoms with Gasteiger partial charge in [-0.2, -0.15) is 0 Å². The average Bonchev–Trinajstić information content (AvgIpc) is 2.90. The van der Waals surface area contributed by atoms with E-state index in [0.717, 1.165) is 37.7 Å². The Balaban J connectivity index is 1.63. The zero-order valence-corrected chi connectivity index (χ0v) is 19.7. The van der Waals surface area contributed by atoms with Gasteiger partial charge in [0.15, 0.2) is 0 Å². The zero-order chi connectivity index (χ0) is 24.4. The number of nitrogens with one attached hydrogen (secondary N) is 1. The van der Waals surface area contributed by atoms with E-state index in [2.05, 4.69) is 5.32 Å². The molecule has 3 aromatic carbocycles. The Bertz CT molecular complexity index is 1200. The van der Waals surface area contributed by atoms with Crippen LogP contribution < -0.4 is 10.1 Å². The lowest BCUT2D eigenvalue weighted by Gasteiger charge is -2.46. The Labute approximate surface area is 204 Å². The third kappa shape index (κ3) is 4.53. The van der Waals surface area contributed by atoms with Crippen LogP contribution in [0, 0.1) is 5.82 Å². The van der Waals surface area contributed by atoms with Gasteiger partial charge in [-0.25, -0.2) is 4.39 Å². The number of halogens is 1. The number of amides is 2. The second-order valence-corrected chi connectivity index (χ2v) is 9.28. The molecule has 35 heavy (non-hydrogen) atoms. The minimum Gasteiger partial charge on any atom is -0.497 e. The van der Waals surface area contributed by atoms with Crippen molar-refractivity contribution in [2.24, 2.45) is 0 Å². The van der Waals surface area contributed by atoms with Crippen molar-refractivity contribution in [2.75, 3.05) is 12.4 Å². The zero-order valence-electron chi connectivity index (χ0n) is 19.7. The van der Waals surface area contributed by atoms with E-state index < -0.39 is 12.0 Å². The fourth-order valence-electron chi connectivity index (χ4n) is 5.50. The van der Waals surface area contributed by atoms with Crippen LogP contribution in [0.5, 0.6) is 5.75 Å². The molecule has 3 aromatic rings. The number of nitrogens with zero attached hydrogens (tertiary/aromatic N) is 1. The topological polar surface area (TPSA) is 58.6 Å². The standard InChI is InChI=1S/C29H29FN2O3/c1-35-23-17-11-19(12-18-23)27-26(28(33)31-21-15-13-20(30)14-16-21)24-9-5-6-10-25(24)29(34)32(27)22-7-3-2-4-8-22/h5-6,9-18,22,26-27H,2-4,7-8H2,1H3,(H,31,33)/t26-,27-/m1/s1. The number of rotatable bonds is 5. The van der Waals surface area contributed by atoms with Gasteiger partial charge in [-0.1, -0.05) is 49.6 Å². The van der Waals surface area contributed by atoms with E-state index in [1.54, 1.807) is 19.2 Å². The average molecular weight is 473 g/mol. The lowest BCUT2D eigenvalue weighted by atomic mass is 9.77. The van der Waals surface area contributed by atoms with Crippen molar-refractivity contribution >= 4 is 17.5 Å². The van der Waals surface area contributed by atoms with E-state index in [-0.39, 0.29) is 23.7 Å². The molecule has 1 saturated carbocycles.